The van der Waals surface area contributed by atoms with E-state index in [1.165, 1.54) is 0 Å². The zero-order valence-electron chi connectivity index (χ0n) is 15.4. The number of hydrogen-bond acceptors (Lipinski definition) is 5. The first-order chi connectivity index (χ1) is 13.3. The predicted molar refractivity (Wildman–Crippen MR) is 105 cm³/mol. The van der Waals surface area contributed by atoms with Gasteiger partial charge in [0.25, 0.3) is 0 Å². The lowest BCUT2D eigenvalue weighted by Crippen LogP contribution is -2.38. The Bertz CT molecular complexity index is 973. The molecule has 2 aromatic heterocycles. The Balaban J connectivity index is 1.47. The summed E-state index contributed by atoms with van der Waals surface area (Å²) in [4.78, 5) is 11.2. The minimum Gasteiger partial charge on any atom is -0.373 e. The zero-order chi connectivity index (χ0) is 18.6. The molecular formula is C22H22N4O. The molecule has 5 heteroatoms. The second kappa shape index (κ2) is 7.73. The topological polar surface area (TPSA) is 62.0 Å². The van der Waals surface area contributed by atoms with Crippen LogP contribution in [0.3, 0.4) is 0 Å². The van der Waals surface area contributed by atoms with Crippen molar-refractivity contribution in [3.8, 4) is 6.07 Å². The van der Waals surface area contributed by atoms with Crippen molar-refractivity contribution in [3.05, 3.63) is 65.5 Å². The number of pyridine rings is 2. The molecule has 1 aromatic carbocycles. The van der Waals surface area contributed by atoms with Gasteiger partial charge in [-0.1, -0.05) is 24.3 Å². The third-order valence-corrected chi connectivity index (χ3v) is 5.19. The Morgan fingerprint density at radius 2 is 2.00 bits per heavy atom. The van der Waals surface area contributed by atoms with Gasteiger partial charge in [-0.05, 0) is 43.0 Å². The number of nitrogens with zero attached hydrogens (tertiary/aromatic N) is 4. The molecule has 27 heavy (non-hydrogen) atoms. The number of aryl methyl sites for hydroxylation is 1. The molecule has 136 valence electrons. The number of benzene rings is 1. The molecule has 0 aliphatic carbocycles. The van der Waals surface area contributed by atoms with Crippen LogP contribution < -0.4 is 4.90 Å². The largest absolute Gasteiger partial charge is 0.373 e. The lowest BCUT2D eigenvalue weighted by atomic mass is 10.0. The molecule has 1 aliphatic rings. The summed E-state index contributed by atoms with van der Waals surface area (Å²) in [6.07, 6.45) is 5.70. The first-order valence-corrected chi connectivity index (χ1v) is 9.31. The summed E-state index contributed by atoms with van der Waals surface area (Å²) in [5, 5.41) is 10.8. The molecule has 5 nitrogen and oxygen atoms in total. The quantitative estimate of drug-likeness (QED) is 0.705. The van der Waals surface area contributed by atoms with E-state index in [9.17, 15) is 5.26 Å². The van der Waals surface area contributed by atoms with E-state index >= 15 is 0 Å². The summed E-state index contributed by atoms with van der Waals surface area (Å²) in [5.74, 6) is 0.805. The van der Waals surface area contributed by atoms with Gasteiger partial charge in [-0.3, -0.25) is 4.98 Å². The van der Waals surface area contributed by atoms with Crippen LogP contribution in [-0.4, -0.2) is 29.2 Å². The molecule has 0 spiro atoms. The van der Waals surface area contributed by atoms with Crippen LogP contribution in [0.5, 0.6) is 0 Å². The average molecular weight is 358 g/mol. The molecular weight excluding hydrogens is 336 g/mol. The van der Waals surface area contributed by atoms with Crippen LogP contribution in [-0.2, 0) is 11.3 Å². The van der Waals surface area contributed by atoms with Gasteiger partial charge in [0.1, 0.15) is 11.9 Å². The minimum absolute atomic E-state index is 0.230. The second-order valence-electron chi connectivity index (χ2n) is 6.92. The van der Waals surface area contributed by atoms with Crippen molar-refractivity contribution in [1.82, 2.24) is 9.97 Å². The highest BCUT2D eigenvalue weighted by molar-refractivity contribution is 5.87. The SMILES string of the molecule is Cc1c(C#N)c(N2CCC(OCc3cccnc3)CC2)nc2ccccc12. The summed E-state index contributed by atoms with van der Waals surface area (Å²) < 4.78 is 6.05. The fourth-order valence-electron chi connectivity index (χ4n) is 3.66. The van der Waals surface area contributed by atoms with Crippen LogP contribution in [0.1, 0.15) is 29.5 Å². The average Bonchev–Trinajstić information content (AvgIpc) is 2.73. The fraction of sp³-hybridized carbons (Fsp3) is 0.318. The van der Waals surface area contributed by atoms with Crippen molar-refractivity contribution < 1.29 is 4.74 Å². The zero-order valence-corrected chi connectivity index (χ0v) is 15.4. The maximum Gasteiger partial charge on any atom is 0.147 e. The normalized spacial score (nSPS) is 15.0. The number of rotatable bonds is 4. The number of nitriles is 1. The van der Waals surface area contributed by atoms with Crippen LogP contribution in [0, 0.1) is 18.3 Å². The molecule has 0 amide bonds. The molecule has 3 heterocycles. The standard InChI is InChI=1S/C22H22N4O/c1-16-19-6-2-3-7-21(19)25-22(20(16)13-23)26-11-8-18(9-12-26)27-15-17-5-4-10-24-14-17/h2-7,10,14,18H,8-9,11-12,15H2,1H3. The highest BCUT2D eigenvalue weighted by Crippen LogP contribution is 2.30. The number of aromatic nitrogens is 2. The predicted octanol–water partition coefficient (Wildman–Crippen LogP) is 4.00. The number of ether oxygens (including phenoxy) is 1. The number of piperidine rings is 1. The van der Waals surface area contributed by atoms with E-state index in [-0.39, 0.29) is 6.10 Å². The van der Waals surface area contributed by atoms with E-state index in [1.807, 2.05) is 49.5 Å². The Kier molecular flexibility index (Phi) is 4.99. The molecule has 0 saturated carbocycles. The number of anilines is 1. The van der Waals surface area contributed by atoms with Crippen molar-refractivity contribution in [3.63, 3.8) is 0 Å². The second-order valence-corrected chi connectivity index (χ2v) is 6.92. The molecule has 1 saturated heterocycles. The van der Waals surface area contributed by atoms with E-state index in [0.29, 0.717) is 12.2 Å². The molecule has 0 radical (unpaired) electrons. The monoisotopic (exact) mass is 358 g/mol. The summed E-state index contributed by atoms with van der Waals surface area (Å²) in [7, 11) is 0. The van der Waals surface area contributed by atoms with Gasteiger partial charge in [-0.15, -0.1) is 0 Å². The maximum absolute atomic E-state index is 9.70. The van der Waals surface area contributed by atoms with Gasteiger partial charge in [0.2, 0.25) is 0 Å². The van der Waals surface area contributed by atoms with Crippen LogP contribution in [0.25, 0.3) is 10.9 Å². The fourth-order valence-corrected chi connectivity index (χ4v) is 3.66. The van der Waals surface area contributed by atoms with Gasteiger partial charge < -0.3 is 9.64 Å². The summed E-state index contributed by atoms with van der Waals surface area (Å²) in [5.41, 5.74) is 3.73. The number of hydrogen-bond donors (Lipinski definition) is 0. The van der Waals surface area contributed by atoms with Crippen molar-refractivity contribution in [2.45, 2.75) is 32.5 Å². The molecule has 0 unspecified atom stereocenters. The number of fused-ring (bicyclic) bond motifs is 1. The van der Waals surface area contributed by atoms with E-state index in [0.717, 1.165) is 53.8 Å². The summed E-state index contributed by atoms with van der Waals surface area (Å²) >= 11 is 0. The van der Waals surface area contributed by atoms with E-state index in [4.69, 9.17) is 9.72 Å². The molecule has 1 fully saturated rings. The van der Waals surface area contributed by atoms with Crippen molar-refractivity contribution in [2.24, 2.45) is 0 Å². The van der Waals surface area contributed by atoms with Crippen LogP contribution in [0.2, 0.25) is 0 Å². The Morgan fingerprint density at radius 1 is 1.19 bits per heavy atom. The molecule has 4 rings (SSSR count). The lowest BCUT2D eigenvalue weighted by Gasteiger charge is -2.33. The Hall–Kier alpha value is -2.97. The lowest BCUT2D eigenvalue weighted by molar-refractivity contribution is 0.0249. The molecule has 0 atom stereocenters. The highest BCUT2D eigenvalue weighted by Gasteiger charge is 2.24. The van der Waals surface area contributed by atoms with E-state index in [1.54, 1.807) is 6.20 Å². The number of para-hydroxylation sites is 1. The van der Waals surface area contributed by atoms with Crippen molar-refractivity contribution in [2.75, 3.05) is 18.0 Å². The van der Waals surface area contributed by atoms with Gasteiger partial charge in [0, 0.05) is 30.9 Å². The Labute approximate surface area is 159 Å². The van der Waals surface area contributed by atoms with Gasteiger partial charge in [0.05, 0.1) is 23.8 Å². The first-order valence-electron chi connectivity index (χ1n) is 9.31. The van der Waals surface area contributed by atoms with Gasteiger partial charge >= 0.3 is 0 Å². The smallest absolute Gasteiger partial charge is 0.147 e. The summed E-state index contributed by atoms with van der Waals surface area (Å²) in [6, 6.07) is 14.3. The molecule has 0 bridgehead atoms. The molecule has 3 aromatic rings. The molecule has 1 aliphatic heterocycles. The van der Waals surface area contributed by atoms with Crippen LogP contribution >= 0.6 is 0 Å². The third-order valence-electron chi connectivity index (χ3n) is 5.19. The van der Waals surface area contributed by atoms with Crippen molar-refractivity contribution >= 4 is 16.7 Å². The first kappa shape index (κ1) is 17.4. The maximum atomic E-state index is 9.70. The van der Waals surface area contributed by atoms with Gasteiger partial charge in [-0.25, -0.2) is 4.98 Å². The van der Waals surface area contributed by atoms with Gasteiger partial charge in [0.15, 0.2) is 0 Å². The van der Waals surface area contributed by atoms with Crippen LogP contribution in [0.15, 0.2) is 48.8 Å². The molecule has 0 N–H and O–H groups in total. The third kappa shape index (κ3) is 3.62. The Morgan fingerprint density at radius 3 is 2.74 bits per heavy atom. The van der Waals surface area contributed by atoms with E-state index < -0.39 is 0 Å². The summed E-state index contributed by atoms with van der Waals surface area (Å²) in [6.45, 7) is 4.29. The van der Waals surface area contributed by atoms with Crippen LogP contribution in [0.4, 0.5) is 5.82 Å². The van der Waals surface area contributed by atoms with E-state index in [2.05, 4.69) is 16.0 Å². The highest BCUT2D eigenvalue weighted by atomic mass is 16.5. The van der Waals surface area contributed by atoms with Crippen molar-refractivity contribution in [1.29, 1.82) is 5.26 Å². The minimum atomic E-state index is 0.230. The van der Waals surface area contributed by atoms with Gasteiger partial charge in [-0.2, -0.15) is 5.26 Å².